The standard InChI is InChI=1S/C14H27N3O2/c1-11(18)9-17-7-3-4-12(10-17)8-16-14(19)13-5-2-6-15-13/h11-13,15,18H,2-10H2,1H3,(H,16,19). The van der Waals surface area contributed by atoms with Gasteiger partial charge >= 0.3 is 0 Å². The topological polar surface area (TPSA) is 64.6 Å². The predicted octanol–water partition coefficient (Wildman–Crippen LogP) is -0.0526. The molecule has 5 nitrogen and oxygen atoms in total. The first-order valence-electron chi connectivity index (χ1n) is 7.56. The molecule has 0 radical (unpaired) electrons. The van der Waals surface area contributed by atoms with Crippen molar-refractivity contribution in [1.29, 1.82) is 0 Å². The zero-order valence-electron chi connectivity index (χ0n) is 11.9. The summed E-state index contributed by atoms with van der Waals surface area (Å²) in [4.78, 5) is 14.2. The van der Waals surface area contributed by atoms with E-state index in [1.165, 1.54) is 6.42 Å². The van der Waals surface area contributed by atoms with Crippen molar-refractivity contribution < 1.29 is 9.90 Å². The maximum absolute atomic E-state index is 11.9. The molecule has 0 spiro atoms. The van der Waals surface area contributed by atoms with E-state index >= 15 is 0 Å². The molecule has 0 aromatic rings. The first-order chi connectivity index (χ1) is 9.15. The Balaban J connectivity index is 1.68. The highest BCUT2D eigenvalue weighted by Crippen LogP contribution is 2.16. The van der Waals surface area contributed by atoms with Crippen LogP contribution in [-0.4, -0.2) is 60.8 Å². The maximum atomic E-state index is 11.9. The number of hydrogen-bond acceptors (Lipinski definition) is 4. The third-order valence-corrected chi connectivity index (χ3v) is 4.07. The molecule has 0 saturated carbocycles. The molecule has 0 aliphatic carbocycles. The van der Waals surface area contributed by atoms with E-state index in [0.29, 0.717) is 5.92 Å². The van der Waals surface area contributed by atoms with Crippen molar-refractivity contribution in [3.8, 4) is 0 Å². The van der Waals surface area contributed by atoms with E-state index in [1.807, 2.05) is 6.92 Å². The number of aliphatic hydroxyl groups is 1. The zero-order chi connectivity index (χ0) is 13.7. The van der Waals surface area contributed by atoms with Gasteiger partial charge in [0.1, 0.15) is 0 Å². The SMILES string of the molecule is CC(O)CN1CCCC(CNC(=O)C2CCCN2)C1. The number of amides is 1. The number of hydrogen-bond donors (Lipinski definition) is 3. The predicted molar refractivity (Wildman–Crippen MR) is 74.9 cm³/mol. The van der Waals surface area contributed by atoms with Crippen LogP contribution < -0.4 is 10.6 Å². The minimum absolute atomic E-state index is 0.0251. The first-order valence-corrected chi connectivity index (χ1v) is 7.56. The number of likely N-dealkylation sites (tertiary alicyclic amines) is 1. The second-order valence-corrected chi connectivity index (χ2v) is 6.01. The van der Waals surface area contributed by atoms with Crippen molar-refractivity contribution in [3.05, 3.63) is 0 Å². The molecule has 0 aromatic heterocycles. The lowest BCUT2D eigenvalue weighted by Crippen LogP contribution is -2.46. The largest absolute Gasteiger partial charge is 0.392 e. The molecule has 5 heteroatoms. The van der Waals surface area contributed by atoms with Gasteiger partial charge in [0.15, 0.2) is 0 Å². The van der Waals surface area contributed by atoms with Crippen LogP contribution in [0.4, 0.5) is 0 Å². The van der Waals surface area contributed by atoms with Crippen LogP contribution in [0.25, 0.3) is 0 Å². The minimum Gasteiger partial charge on any atom is -0.392 e. The lowest BCUT2D eigenvalue weighted by atomic mass is 9.97. The Kier molecular flexibility index (Phi) is 5.60. The summed E-state index contributed by atoms with van der Waals surface area (Å²) in [5.41, 5.74) is 0. The summed E-state index contributed by atoms with van der Waals surface area (Å²) in [6, 6.07) is 0.0251. The molecular weight excluding hydrogens is 242 g/mol. The number of rotatable bonds is 5. The number of nitrogens with one attached hydrogen (secondary N) is 2. The van der Waals surface area contributed by atoms with Gasteiger partial charge in [0.25, 0.3) is 0 Å². The van der Waals surface area contributed by atoms with Crippen LogP contribution in [0.3, 0.4) is 0 Å². The highest BCUT2D eigenvalue weighted by atomic mass is 16.3. The molecule has 2 saturated heterocycles. The van der Waals surface area contributed by atoms with Crippen LogP contribution in [0.2, 0.25) is 0 Å². The molecule has 19 heavy (non-hydrogen) atoms. The van der Waals surface area contributed by atoms with Gasteiger partial charge < -0.3 is 20.6 Å². The molecule has 2 rings (SSSR count). The van der Waals surface area contributed by atoms with Crippen molar-refractivity contribution in [1.82, 2.24) is 15.5 Å². The summed E-state index contributed by atoms with van der Waals surface area (Å²) in [7, 11) is 0. The molecule has 1 amide bonds. The normalized spacial score (nSPS) is 30.2. The fourth-order valence-electron chi connectivity index (χ4n) is 3.13. The lowest BCUT2D eigenvalue weighted by molar-refractivity contribution is -0.123. The molecule has 3 atom stereocenters. The van der Waals surface area contributed by atoms with Gasteiger partial charge in [-0.25, -0.2) is 0 Å². The van der Waals surface area contributed by atoms with E-state index < -0.39 is 0 Å². The first kappa shape index (κ1) is 14.8. The number of piperidine rings is 1. The Morgan fingerprint density at radius 2 is 2.32 bits per heavy atom. The molecular formula is C14H27N3O2. The smallest absolute Gasteiger partial charge is 0.237 e. The third kappa shape index (κ3) is 4.75. The Labute approximate surface area is 115 Å². The van der Waals surface area contributed by atoms with Crippen molar-refractivity contribution in [2.45, 2.75) is 44.8 Å². The van der Waals surface area contributed by atoms with Crippen LogP contribution in [0.1, 0.15) is 32.6 Å². The van der Waals surface area contributed by atoms with E-state index in [-0.39, 0.29) is 18.1 Å². The lowest BCUT2D eigenvalue weighted by Gasteiger charge is -2.33. The molecule has 110 valence electrons. The van der Waals surface area contributed by atoms with E-state index in [9.17, 15) is 9.90 Å². The Bertz CT molecular complexity index is 290. The molecule has 2 fully saturated rings. The number of carbonyl (C=O) groups excluding carboxylic acids is 1. The van der Waals surface area contributed by atoms with Crippen molar-refractivity contribution in [2.75, 3.05) is 32.7 Å². The summed E-state index contributed by atoms with van der Waals surface area (Å²) in [5, 5.41) is 15.7. The Morgan fingerprint density at radius 1 is 1.47 bits per heavy atom. The Hall–Kier alpha value is -0.650. The van der Waals surface area contributed by atoms with Gasteiger partial charge in [-0.15, -0.1) is 0 Å². The number of nitrogens with zero attached hydrogens (tertiary/aromatic N) is 1. The highest BCUT2D eigenvalue weighted by molar-refractivity contribution is 5.81. The van der Waals surface area contributed by atoms with Gasteiger partial charge in [-0.05, 0) is 51.6 Å². The molecule has 2 aliphatic heterocycles. The van der Waals surface area contributed by atoms with E-state index in [0.717, 1.165) is 52.0 Å². The van der Waals surface area contributed by atoms with E-state index in [4.69, 9.17) is 0 Å². The molecule has 2 aliphatic rings. The summed E-state index contributed by atoms with van der Waals surface area (Å²) in [6.07, 6.45) is 4.13. The van der Waals surface area contributed by atoms with E-state index in [2.05, 4.69) is 15.5 Å². The van der Waals surface area contributed by atoms with Crippen molar-refractivity contribution in [3.63, 3.8) is 0 Å². The van der Waals surface area contributed by atoms with Crippen LogP contribution in [0.15, 0.2) is 0 Å². The van der Waals surface area contributed by atoms with Crippen LogP contribution in [0, 0.1) is 5.92 Å². The monoisotopic (exact) mass is 269 g/mol. The maximum Gasteiger partial charge on any atom is 0.237 e. The average Bonchev–Trinajstić information content (AvgIpc) is 2.89. The summed E-state index contributed by atoms with van der Waals surface area (Å²) in [6.45, 7) is 6.37. The zero-order valence-corrected chi connectivity index (χ0v) is 11.9. The molecule has 2 heterocycles. The molecule has 0 bridgehead atoms. The molecule has 0 aromatic carbocycles. The van der Waals surface area contributed by atoms with Gasteiger partial charge in [0.2, 0.25) is 5.91 Å². The second-order valence-electron chi connectivity index (χ2n) is 6.01. The molecule has 3 unspecified atom stereocenters. The minimum atomic E-state index is -0.268. The average molecular weight is 269 g/mol. The van der Waals surface area contributed by atoms with Crippen molar-refractivity contribution >= 4 is 5.91 Å². The van der Waals surface area contributed by atoms with Gasteiger partial charge in [0, 0.05) is 19.6 Å². The summed E-state index contributed by atoms with van der Waals surface area (Å²) in [5.74, 6) is 0.683. The fraction of sp³-hybridized carbons (Fsp3) is 0.929. The number of carbonyl (C=O) groups is 1. The van der Waals surface area contributed by atoms with Gasteiger partial charge in [-0.2, -0.15) is 0 Å². The van der Waals surface area contributed by atoms with Crippen molar-refractivity contribution in [2.24, 2.45) is 5.92 Å². The fourth-order valence-corrected chi connectivity index (χ4v) is 3.13. The third-order valence-electron chi connectivity index (χ3n) is 4.07. The Morgan fingerprint density at radius 3 is 3.00 bits per heavy atom. The quantitative estimate of drug-likeness (QED) is 0.655. The van der Waals surface area contributed by atoms with Gasteiger partial charge in [0.05, 0.1) is 12.1 Å². The summed E-state index contributed by atoms with van der Waals surface area (Å²) >= 11 is 0. The summed E-state index contributed by atoms with van der Waals surface area (Å²) < 4.78 is 0. The second kappa shape index (κ2) is 7.22. The van der Waals surface area contributed by atoms with E-state index in [1.54, 1.807) is 0 Å². The number of β-amino-alcohol motifs (C(OH)–C–C–N with tert-alkyl or cyclic N) is 1. The van der Waals surface area contributed by atoms with Crippen LogP contribution >= 0.6 is 0 Å². The van der Waals surface area contributed by atoms with Gasteiger partial charge in [-0.1, -0.05) is 0 Å². The van der Waals surface area contributed by atoms with Crippen LogP contribution in [0.5, 0.6) is 0 Å². The van der Waals surface area contributed by atoms with Crippen LogP contribution in [-0.2, 0) is 4.79 Å². The molecule has 3 N–H and O–H groups in total. The highest BCUT2D eigenvalue weighted by Gasteiger charge is 2.24. The number of aliphatic hydroxyl groups excluding tert-OH is 1. The van der Waals surface area contributed by atoms with Gasteiger partial charge in [-0.3, -0.25) is 4.79 Å².